The summed E-state index contributed by atoms with van der Waals surface area (Å²) < 4.78 is 25.1. The van der Waals surface area contributed by atoms with E-state index in [1.807, 2.05) is 42.3 Å². The van der Waals surface area contributed by atoms with E-state index in [1.54, 1.807) is 19.2 Å². The van der Waals surface area contributed by atoms with Crippen LogP contribution < -0.4 is 5.32 Å². The number of halogens is 1. The first kappa shape index (κ1) is 18.1. The van der Waals surface area contributed by atoms with E-state index in [0.717, 1.165) is 10.5 Å². The second kappa shape index (κ2) is 9.17. The number of hydrogen-bond donors (Lipinski definition) is 1. The third-order valence-electron chi connectivity index (χ3n) is 3.48. The van der Waals surface area contributed by atoms with Gasteiger partial charge in [-0.05, 0) is 29.8 Å². The molecule has 2 rings (SSSR count). The van der Waals surface area contributed by atoms with Gasteiger partial charge in [0.2, 0.25) is 0 Å². The molecule has 2 aromatic rings. The highest BCUT2D eigenvalue weighted by Crippen LogP contribution is 2.06. The molecule has 4 nitrogen and oxygen atoms in total. The van der Waals surface area contributed by atoms with Crippen LogP contribution >= 0.6 is 0 Å². The van der Waals surface area contributed by atoms with Gasteiger partial charge < -0.3 is 10.2 Å². The van der Waals surface area contributed by atoms with Gasteiger partial charge in [-0.25, -0.2) is 4.39 Å². The Labute approximate surface area is 144 Å². The first-order chi connectivity index (χ1) is 11.6. The normalized spacial score (nSPS) is 12.7. The highest BCUT2D eigenvalue weighted by Gasteiger charge is 2.08. The molecule has 0 heterocycles. The molecule has 0 radical (unpaired) electrons. The van der Waals surface area contributed by atoms with Crippen molar-refractivity contribution < 1.29 is 8.60 Å². The van der Waals surface area contributed by atoms with E-state index in [2.05, 4.69) is 10.3 Å². The minimum Gasteiger partial charge on any atom is -0.355 e. The zero-order chi connectivity index (χ0) is 17.4. The van der Waals surface area contributed by atoms with E-state index in [1.165, 1.54) is 12.1 Å². The molecule has 0 bridgehead atoms. The summed E-state index contributed by atoms with van der Waals surface area (Å²) in [4.78, 5) is 7.00. The van der Waals surface area contributed by atoms with E-state index in [9.17, 15) is 8.60 Å². The predicted molar refractivity (Wildman–Crippen MR) is 96.9 cm³/mol. The van der Waals surface area contributed by atoms with Crippen LogP contribution in [-0.2, 0) is 17.3 Å². The molecule has 0 aliphatic heterocycles. The van der Waals surface area contributed by atoms with Crippen molar-refractivity contribution in [2.45, 2.75) is 11.4 Å². The SMILES string of the molecule is CN=C(NCCS(=O)c1ccccc1)N(C)Cc1ccc(F)cc1. The van der Waals surface area contributed by atoms with Crippen molar-refractivity contribution in [3.8, 4) is 0 Å². The molecule has 24 heavy (non-hydrogen) atoms. The fourth-order valence-corrected chi connectivity index (χ4v) is 3.25. The van der Waals surface area contributed by atoms with Crippen molar-refractivity contribution in [2.24, 2.45) is 4.99 Å². The van der Waals surface area contributed by atoms with E-state index < -0.39 is 10.8 Å². The van der Waals surface area contributed by atoms with Crippen LogP contribution in [0.3, 0.4) is 0 Å². The lowest BCUT2D eigenvalue weighted by Gasteiger charge is -2.22. The summed E-state index contributed by atoms with van der Waals surface area (Å²) in [5, 5.41) is 3.21. The Morgan fingerprint density at radius 2 is 1.83 bits per heavy atom. The zero-order valence-corrected chi connectivity index (χ0v) is 14.7. The van der Waals surface area contributed by atoms with Gasteiger partial charge in [0.15, 0.2) is 5.96 Å². The molecule has 0 saturated carbocycles. The average molecular weight is 347 g/mol. The molecule has 0 amide bonds. The van der Waals surface area contributed by atoms with Crippen LogP contribution in [0.2, 0.25) is 0 Å². The summed E-state index contributed by atoms with van der Waals surface area (Å²) in [6, 6.07) is 15.8. The van der Waals surface area contributed by atoms with E-state index in [-0.39, 0.29) is 5.82 Å². The molecule has 0 aliphatic carbocycles. The van der Waals surface area contributed by atoms with Gasteiger partial charge in [0.05, 0.1) is 10.8 Å². The molecule has 0 spiro atoms. The van der Waals surface area contributed by atoms with E-state index >= 15 is 0 Å². The number of hydrogen-bond acceptors (Lipinski definition) is 2. The van der Waals surface area contributed by atoms with Gasteiger partial charge in [-0.1, -0.05) is 30.3 Å². The van der Waals surface area contributed by atoms with Crippen molar-refractivity contribution in [3.63, 3.8) is 0 Å². The fraction of sp³-hybridized carbons (Fsp3) is 0.278. The largest absolute Gasteiger partial charge is 0.355 e. The molecule has 1 unspecified atom stereocenters. The quantitative estimate of drug-likeness (QED) is 0.645. The van der Waals surface area contributed by atoms with Gasteiger partial charge in [0.25, 0.3) is 0 Å². The number of guanidine groups is 1. The Morgan fingerprint density at radius 1 is 1.17 bits per heavy atom. The first-order valence-electron chi connectivity index (χ1n) is 7.70. The van der Waals surface area contributed by atoms with Crippen LogP contribution in [0.4, 0.5) is 4.39 Å². The molecule has 0 fully saturated rings. The number of aliphatic imine (C=N–C) groups is 1. The molecule has 0 aliphatic rings. The number of nitrogens with zero attached hydrogens (tertiary/aromatic N) is 2. The van der Waals surface area contributed by atoms with Crippen molar-refractivity contribution >= 4 is 16.8 Å². The Bertz CT molecular complexity index is 689. The number of rotatable bonds is 6. The lowest BCUT2D eigenvalue weighted by Crippen LogP contribution is -2.40. The van der Waals surface area contributed by atoms with Gasteiger partial charge >= 0.3 is 0 Å². The van der Waals surface area contributed by atoms with Crippen LogP contribution in [0.1, 0.15) is 5.56 Å². The number of nitrogens with one attached hydrogen (secondary N) is 1. The lowest BCUT2D eigenvalue weighted by atomic mass is 10.2. The van der Waals surface area contributed by atoms with Crippen molar-refractivity contribution in [1.82, 2.24) is 10.2 Å². The van der Waals surface area contributed by atoms with Gasteiger partial charge in [-0.2, -0.15) is 0 Å². The third-order valence-corrected chi connectivity index (χ3v) is 4.86. The molecular formula is C18H22FN3OS. The summed E-state index contributed by atoms with van der Waals surface area (Å²) in [6.07, 6.45) is 0. The second-order valence-corrected chi connectivity index (χ2v) is 6.89. The Kier molecular flexibility index (Phi) is 6.93. The zero-order valence-electron chi connectivity index (χ0n) is 13.9. The average Bonchev–Trinajstić information content (AvgIpc) is 2.61. The molecule has 1 atom stereocenters. The second-order valence-electron chi connectivity index (χ2n) is 5.32. The van der Waals surface area contributed by atoms with E-state index in [0.29, 0.717) is 24.8 Å². The summed E-state index contributed by atoms with van der Waals surface area (Å²) in [5.41, 5.74) is 0.995. The molecule has 0 saturated heterocycles. The maximum atomic E-state index is 13.0. The Morgan fingerprint density at radius 3 is 2.46 bits per heavy atom. The van der Waals surface area contributed by atoms with Gasteiger partial charge in [-0.3, -0.25) is 9.20 Å². The van der Waals surface area contributed by atoms with Crippen LogP contribution in [0.25, 0.3) is 0 Å². The summed E-state index contributed by atoms with van der Waals surface area (Å²) in [7, 11) is 2.58. The van der Waals surface area contributed by atoms with Gasteiger partial charge in [-0.15, -0.1) is 0 Å². The molecule has 1 N–H and O–H groups in total. The van der Waals surface area contributed by atoms with Crippen molar-refractivity contribution in [3.05, 3.63) is 66.0 Å². The molecule has 6 heteroatoms. The standard InChI is InChI=1S/C18H22FN3OS/c1-20-18(22(2)14-15-8-10-16(19)11-9-15)21-12-13-24(23)17-6-4-3-5-7-17/h3-11H,12-14H2,1-2H3,(H,20,21). The van der Waals surface area contributed by atoms with Gasteiger partial charge in [0, 0.05) is 37.8 Å². The maximum absolute atomic E-state index is 13.0. The lowest BCUT2D eigenvalue weighted by molar-refractivity contribution is 0.478. The van der Waals surface area contributed by atoms with Crippen LogP contribution in [0, 0.1) is 5.82 Å². The topological polar surface area (TPSA) is 44.7 Å². The third kappa shape index (κ3) is 5.45. The van der Waals surface area contributed by atoms with E-state index in [4.69, 9.17) is 0 Å². The first-order valence-corrected chi connectivity index (χ1v) is 9.01. The van der Waals surface area contributed by atoms with Gasteiger partial charge in [0.1, 0.15) is 5.82 Å². The Hall–Kier alpha value is -2.21. The van der Waals surface area contributed by atoms with Crippen LogP contribution in [0.15, 0.2) is 64.5 Å². The van der Waals surface area contributed by atoms with Crippen LogP contribution in [-0.4, -0.2) is 41.5 Å². The summed E-state index contributed by atoms with van der Waals surface area (Å²) >= 11 is 0. The van der Waals surface area contributed by atoms with Crippen LogP contribution in [0.5, 0.6) is 0 Å². The smallest absolute Gasteiger partial charge is 0.193 e. The fourth-order valence-electron chi connectivity index (χ4n) is 2.27. The summed E-state index contributed by atoms with van der Waals surface area (Å²) in [5.74, 6) is 0.977. The number of benzene rings is 2. The monoisotopic (exact) mass is 347 g/mol. The molecular weight excluding hydrogens is 325 g/mol. The highest BCUT2D eigenvalue weighted by atomic mass is 32.2. The summed E-state index contributed by atoms with van der Waals surface area (Å²) in [6.45, 7) is 1.17. The molecule has 2 aromatic carbocycles. The van der Waals surface area contributed by atoms with Crippen molar-refractivity contribution in [2.75, 3.05) is 26.4 Å². The molecule has 128 valence electrons. The minimum absolute atomic E-state index is 0.243. The minimum atomic E-state index is -1.03. The Balaban J connectivity index is 1.83. The molecule has 0 aromatic heterocycles. The van der Waals surface area contributed by atoms with Crippen molar-refractivity contribution in [1.29, 1.82) is 0 Å². The predicted octanol–water partition coefficient (Wildman–Crippen LogP) is 2.64. The highest BCUT2D eigenvalue weighted by molar-refractivity contribution is 7.85. The maximum Gasteiger partial charge on any atom is 0.193 e.